The lowest BCUT2D eigenvalue weighted by atomic mass is 10.1. The molecule has 2 aromatic rings. The number of ether oxygens (including phenoxy) is 2. The van der Waals surface area contributed by atoms with Crippen molar-refractivity contribution in [3.05, 3.63) is 48.0 Å². The van der Waals surface area contributed by atoms with Crippen molar-refractivity contribution in [2.24, 2.45) is 0 Å². The number of anilines is 2. The maximum Gasteiger partial charge on any atom is 0.260 e. The maximum atomic E-state index is 13.1. The van der Waals surface area contributed by atoms with Gasteiger partial charge in [0.05, 0.1) is 30.7 Å². The number of amides is 2. The van der Waals surface area contributed by atoms with Crippen molar-refractivity contribution >= 4 is 23.2 Å². The summed E-state index contributed by atoms with van der Waals surface area (Å²) in [6.45, 7) is 4.05. The lowest BCUT2D eigenvalue weighted by molar-refractivity contribution is -0.132. The van der Waals surface area contributed by atoms with E-state index in [2.05, 4.69) is 11.9 Å². The Labute approximate surface area is 202 Å². The molecule has 34 heavy (non-hydrogen) atoms. The highest BCUT2D eigenvalue weighted by atomic mass is 16.5. The van der Waals surface area contributed by atoms with Gasteiger partial charge in [0.25, 0.3) is 5.91 Å². The van der Waals surface area contributed by atoms with Gasteiger partial charge in [0, 0.05) is 39.6 Å². The summed E-state index contributed by atoms with van der Waals surface area (Å²) >= 11 is 0. The third-order valence-corrected chi connectivity index (χ3v) is 6.20. The molecule has 184 valence electrons. The molecule has 0 aliphatic carbocycles. The lowest BCUT2D eigenvalue weighted by Gasteiger charge is -2.32. The van der Waals surface area contributed by atoms with E-state index >= 15 is 0 Å². The number of para-hydroxylation sites is 3. The van der Waals surface area contributed by atoms with Crippen LogP contribution in [0.1, 0.15) is 36.0 Å². The number of hydrogen-bond donors (Lipinski definition) is 1. The highest BCUT2D eigenvalue weighted by Crippen LogP contribution is 2.31. The Hall–Kier alpha value is -3.26. The Kier molecular flexibility index (Phi) is 9.16. The number of hydrogen-bond acceptors (Lipinski definition) is 6. The molecule has 1 aliphatic heterocycles. The van der Waals surface area contributed by atoms with Crippen molar-refractivity contribution in [2.45, 2.75) is 25.7 Å². The molecule has 0 spiro atoms. The van der Waals surface area contributed by atoms with Gasteiger partial charge >= 0.3 is 0 Å². The van der Waals surface area contributed by atoms with Crippen molar-refractivity contribution in [3.63, 3.8) is 0 Å². The predicted molar refractivity (Wildman–Crippen MR) is 135 cm³/mol. The average molecular weight is 469 g/mol. The van der Waals surface area contributed by atoms with Crippen LogP contribution in [0.2, 0.25) is 0 Å². The molecule has 2 N–H and O–H groups in total. The minimum absolute atomic E-state index is 0.241. The fraction of sp³-hybridized carbons (Fsp3) is 0.462. The second kappa shape index (κ2) is 12.3. The summed E-state index contributed by atoms with van der Waals surface area (Å²) in [5.41, 5.74) is 7.47. The van der Waals surface area contributed by atoms with Crippen LogP contribution in [0.3, 0.4) is 0 Å². The van der Waals surface area contributed by atoms with Crippen LogP contribution in [0.4, 0.5) is 11.4 Å². The molecule has 8 nitrogen and oxygen atoms in total. The molecule has 2 aromatic carbocycles. The van der Waals surface area contributed by atoms with Gasteiger partial charge in [-0.2, -0.15) is 0 Å². The van der Waals surface area contributed by atoms with Crippen LogP contribution >= 0.6 is 0 Å². The van der Waals surface area contributed by atoms with Crippen LogP contribution in [0, 0.1) is 0 Å². The van der Waals surface area contributed by atoms with E-state index in [0.29, 0.717) is 41.5 Å². The first kappa shape index (κ1) is 25.4. The second-order valence-corrected chi connectivity index (χ2v) is 8.60. The standard InChI is InChI=1S/C26H36N4O4/c1-28-15-17-30(18-16-28)24(31)14-5-4-8-19-34-22-12-7-6-11-21(22)29(2)26(32)20-10-9-13-23(33-3)25(20)27/h6-7,9-13H,4-5,8,14-19,27H2,1-3H3. The first-order valence-corrected chi connectivity index (χ1v) is 11.8. The topological polar surface area (TPSA) is 88.3 Å². The van der Waals surface area contributed by atoms with Crippen LogP contribution < -0.4 is 20.1 Å². The van der Waals surface area contributed by atoms with E-state index in [1.54, 1.807) is 25.2 Å². The molecule has 0 aromatic heterocycles. The zero-order chi connectivity index (χ0) is 24.5. The van der Waals surface area contributed by atoms with Crippen molar-refractivity contribution in [1.29, 1.82) is 0 Å². The molecule has 1 saturated heterocycles. The Morgan fingerprint density at radius 3 is 2.41 bits per heavy atom. The van der Waals surface area contributed by atoms with Crippen LogP contribution in [-0.2, 0) is 4.79 Å². The number of methoxy groups -OCH3 is 1. The van der Waals surface area contributed by atoms with Crippen molar-refractivity contribution in [3.8, 4) is 11.5 Å². The van der Waals surface area contributed by atoms with Crippen molar-refractivity contribution in [1.82, 2.24) is 9.80 Å². The second-order valence-electron chi connectivity index (χ2n) is 8.60. The molecular weight excluding hydrogens is 432 g/mol. The number of nitrogens with two attached hydrogens (primary N) is 1. The van der Waals surface area contributed by atoms with Crippen molar-refractivity contribution in [2.75, 3.05) is 64.6 Å². The van der Waals surface area contributed by atoms with Crippen LogP contribution in [0.25, 0.3) is 0 Å². The monoisotopic (exact) mass is 468 g/mol. The third kappa shape index (κ3) is 6.41. The van der Waals surface area contributed by atoms with Gasteiger partial charge in [-0.25, -0.2) is 0 Å². The number of carbonyl (C=O) groups is 2. The minimum Gasteiger partial charge on any atom is -0.495 e. The highest BCUT2D eigenvalue weighted by molar-refractivity contribution is 6.10. The number of unbranched alkanes of at least 4 members (excludes halogenated alkanes) is 2. The van der Waals surface area contributed by atoms with E-state index in [0.717, 1.165) is 45.4 Å². The summed E-state index contributed by atoms with van der Waals surface area (Å²) < 4.78 is 11.2. The van der Waals surface area contributed by atoms with E-state index in [1.807, 2.05) is 29.2 Å². The van der Waals surface area contributed by atoms with Crippen LogP contribution in [0.15, 0.2) is 42.5 Å². The van der Waals surface area contributed by atoms with Gasteiger partial charge in [-0.3, -0.25) is 9.59 Å². The van der Waals surface area contributed by atoms with E-state index in [9.17, 15) is 9.59 Å². The Morgan fingerprint density at radius 2 is 1.68 bits per heavy atom. The minimum atomic E-state index is -0.241. The normalized spacial score (nSPS) is 14.0. The van der Waals surface area contributed by atoms with Crippen molar-refractivity contribution < 1.29 is 19.1 Å². The predicted octanol–water partition coefficient (Wildman–Crippen LogP) is 3.27. The number of nitrogens with zero attached hydrogens (tertiary/aromatic N) is 3. The Bertz CT molecular complexity index is 973. The van der Waals surface area contributed by atoms with E-state index in [-0.39, 0.29) is 11.8 Å². The number of benzene rings is 2. The highest BCUT2D eigenvalue weighted by Gasteiger charge is 2.21. The van der Waals surface area contributed by atoms with Gasteiger partial charge in [-0.1, -0.05) is 18.2 Å². The lowest BCUT2D eigenvalue weighted by Crippen LogP contribution is -2.47. The van der Waals surface area contributed by atoms with Gasteiger partial charge < -0.3 is 29.9 Å². The van der Waals surface area contributed by atoms with E-state index in [4.69, 9.17) is 15.2 Å². The van der Waals surface area contributed by atoms with Gasteiger partial charge in [0.2, 0.25) is 5.91 Å². The summed E-state index contributed by atoms with van der Waals surface area (Å²) in [5, 5.41) is 0. The van der Waals surface area contributed by atoms with Gasteiger partial charge in [-0.15, -0.1) is 0 Å². The van der Waals surface area contributed by atoms with E-state index < -0.39 is 0 Å². The fourth-order valence-electron chi connectivity index (χ4n) is 4.01. The molecule has 0 unspecified atom stereocenters. The molecule has 0 saturated carbocycles. The van der Waals surface area contributed by atoms with Gasteiger partial charge in [0.15, 0.2) is 0 Å². The molecule has 1 aliphatic rings. The first-order chi connectivity index (χ1) is 16.4. The summed E-state index contributed by atoms with van der Waals surface area (Å²) in [6.07, 6.45) is 3.19. The number of carbonyl (C=O) groups excluding carboxylic acids is 2. The molecule has 0 atom stereocenters. The maximum absolute atomic E-state index is 13.1. The fourth-order valence-corrected chi connectivity index (χ4v) is 4.01. The first-order valence-electron chi connectivity index (χ1n) is 11.8. The molecule has 3 rings (SSSR count). The zero-order valence-electron chi connectivity index (χ0n) is 20.5. The Morgan fingerprint density at radius 1 is 0.971 bits per heavy atom. The van der Waals surface area contributed by atoms with E-state index in [1.165, 1.54) is 12.0 Å². The quantitative estimate of drug-likeness (QED) is 0.425. The van der Waals surface area contributed by atoms with Crippen LogP contribution in [0.5, 0.6) is 11.5 Å². The third-order valence-electron chi connectivity index (χ3n) is 6.20. The molecule has 2 amide bonds. The molecule has 0 radical (unpaired) electrons. The molecule has 0 bridgehead atoms. The zero-order valence-corrected chi connectivity index (χ0v) is 20.5. The number of nitrogen functional groups attached to an aromatic ring is 1. The smallest absolute Gasteiger partial charge is 0.260 e. The number of likely N-dealkylation sites (N-methyl/N-ethyl adjacent to an activating group) is 1. The number of piperazine rings is 1. The summed E-state index contributed by atoms with van der Waals surface area (Å²) in [4.78, 5) is 31.2. The SMILES string of the molecule is COc1cccc(C(=O)N(C)c2ccccc2OCCCCCC(=O)N2CCN(C)CC2)c1N. The summed E-state index contributed by atoms with van der Waals surface area (Å²) in [5.74, 6) is 1.11. The summed E-state index contributed by atoms with van der Waals surface area (Å²) in [7, 11) is 5.31. The van der Waals surface area contributed by atoms with Crippen LogP contribution in [-0.4, -0.2) is 75.6 Å². The molecule has 8 heteroatoms. The number of rotatable bonds is 10. The largest absolute Gasteiger partial charge is 0.495 e. The Balaban J connectivity index is 1.49. The molecular formula is C26H36N4O4. The summed E-state index contributed by atoms with van der Waals surface area (Å²) in [6, 6.07) is 12.6. The average Bonchev–Trinajstić information content (AvgIpc) is 2.86. The van der Waals surface area contributed by atoms with Gasteiger partial charge in [-0.05, 0) is 50.6 Å². The molecule has 1 heterocycles. The molecule has 1 fully saturated rings. The van der Waals surface area contributed by atoms with Gasteiger partial charge in [0.1, 0.15) is 11.5 Å².